The standard InChI is InChI=1S/C20H27ClN4O2S.ClH/c1-23(2)15-16-25(28(26,27)18-9-7-17(21)8-10-18)20-6-4-3-5-19(20)24-13-11-22-12-14-24;/h3-10,22H,11-16H2,1-2H3;1H. The van der Waals surface area contributed by atoms with Crippen molar-refractivity contribution in [3.05, 3.63) is 53.6 Å². The lowest BCUT2D eigenvalue weighted by Gasteiger charge is -2.34. The third kappa shape index (κ3) is 5.77. The number of hydrogen-bond acceptors (Lipinski definition) is 5. The van der Waals surface area contributed by atoms with Gasteiger partial charge in [-0.2, -0.15) is 0 Å². The number of hydrogen-bond donors (Lipinski definition) is 1. The van der Waals surface area contributed by atoms with Crippen LogP contribution in [0.25, 0.3) is 0 Å². The summed E-state index contributed by atoms with van der Waals surface area (Å²) in [7, 11) is 0.158. The van der Waals surface area contributed by atoms with Gasteiger partial charge < -0.3 is 15.1 Å². The minimum absolute atomic E-state index is 0. The largest absolute Gasteiger partial charge is 0.367 e. The molecule has 1 N–H and O–H groups in total. The van der Waals surface area contributed by atoms with Gasteiger partial charge in [0, 0.05) is 44.3 Å². The highest BCUT2D eigenvalue weighted by Gasteiger charge is 2.28. The van der Waals surface area contributed by atoms with Crippen molar-refractivity contribution < 1.29 is 8.42 Å². The molecule has 6 nitrogen and oxygen atoms in total. The van der Waals surface area contributed by atoms with E-state index in [9.17, 15) is 8.42 Å². The van der Waals surface area contributed by atoms with Crippen molar-refractivity contribution in [2.45, 2.75) is 4.90 Å². The number of benzene rings is 2. The molecule has 0 atom stereocenters. The summed E-state index contributed by atoms with van der Waals surface area (Å²) >= 11 is 5.96. The van der Waals surface area contributed by atoms with Gasteiger partial charge in [-0.05, 0) is 50.5 Å². The van der Waals surface area contributed by atoms with Gasteiger partial charge >= 0.3 is 0 Å². The molecule has 0 spiro atoms. The molecule has 0 bridgehead atoms. The molecule has 1 heterocycles. The fourth-order valence-electron chi connectivity index (χ4n) is 3.24. The van der Waals surface area contributed by atoms with Gasteiger partial charge in [-0.15, -0.1) is 12.4 Å². The average Bonchev–Trinajstić information content (AvgIpc) is 2.69. The Bertz CT molecular complexity index is 886. The van der Waals surface area contributed by atoms with Gasteiger partial charge in [-0.25, -0.2) is 8.42 Å². The lowest BCUT2D eigenvalue weighted by molar-refractivity contribution is 0.419. The number of piperazine rings is 1. The monoisotopic (exact) mass is 458 g/mol. The molecule has 9 heteroatoms. The van der Waals surface area contributed by atoms with E-state index >= 15 is 0 Å². The topological polar surface area (TPSA) is 55.9 Å². The molecule has 0 unspecified atom stereocenters. The predicted molar refractivity (Wildman–Crippen MR) is 123 cm³/mol. The Kier molecular flexibility index (Phi) is 8.60. The Morgan fingerprint density at radius 2 is 1.62 bits per heavy atom. The molecule has 2 aromatic carbocycles. The number of nitrogens with zero attached hydrogens (tertiary/aromatic N) is 3. The van der Waals surface area contributed by atoms with E-state index in [2.05, 4.69) is 10.2 Å². The second kappa shape index (κ2) is 10.5. The lowest BCUT2D eigenvalue weighted by Crippen LogP contribution is -2.45. The van der Waals surface area contributed by atoms with E-state index in [1.807, 2.05) is 43.3 Å². The highest BCUT2D eigenvalue weighted by atomic mass is 35.5. The van der Waals surface area contributed by atoms with Crippen molar-refractivity contribution in [3.8, 4) is 0 Å². The minimum atomic E-state index is -3.72. The Morgan fingerprint density at radius 3 is 2.24 bits per heavy atom. The van der Waals surface area contributed by atoms with Crippen LogP contribution in [0, 0.1) is 0 Å². The van der Waals surface area contributed by atoms with Crippen molar-refractivity contribution in [1.29, 1.82) is 0 Å². The Balaban J connectivity index is 0.00000300. The van der Waals surface area contributed by atoms with Crippen LogP contribution in [-0.2, 0) is 10.0 Å². The van der Waals surface area contributed by atoms with Gasteiger partial charge in [0.15, 0.2) is 0 Å². The van der Waals surface area contributed by atoms with Crippen molar-refractivity contribution in [2.75, 3.05) is 62.6 Å². The highest BCUT2D eigenvalue weighted by molar-refractivity contribution is 7.92. The SMILES string of the molecule is CN(C)CCN(c1ccccc1N1CCNCC1)S(=O)(=O)c1ccc(Cl)cc1.Cl. The molecule has 160 valence electrons. The molecular weight excluding hydrogens is 431 g/mol. The third-order valence-corrected chi connectivity index (χ3v) is 6.84. The summed E-state index contributed by atoms with van der Waals surface area (Å²) in [5, 5.41) is 3.86. The normalized spacial score (nSPS) is 14.6. The number of likely N-dealkylation sites (N-methyl/N-ethyl adjacent to an activating group) is 1. The molecule has 0 aromatic heterocycles. The van der Waals surface area contributed by atoms with E-state index in [-0.39, 0.29) is 17.3 Å². The molecule has 2 aromatic rings. The number of para-hydroxylation sites is 2. The summed E-state index contributed by atoms with van der Waals surface area (Å²) in [4.78, 5) is 4.47. The van der Waals surface area contributed by atoms with Crippen LogP contribution >= 0.6 is 24.0 Å². The Morgan fingerprint density at radius 1 is 1.00 bits per heavy atom. The molecule has 0 saturated carbocycles. The number of sulfonamides is 1. The average molecular weight is 459 g/mol. The van der Waals surface area contributed by atoms with Crippen LogP contribution < -0.4 is 14.5 Å². The molecule has 1 aliphatic rings. The maximum Gasteiger partial charge on any atom is 0.264 e. The number of nitrogens with one attached hydrogen (secondary N) is 1. The molecule has 3 rings (SSSR count). The first-order valence-corrected chi connectivity index (χ1v) is 11.2. The van der Waals surface area contributed by atoms with E-state index in [0.29, 0.717) is 23.8 Å². The van der Waals surface area contributed by atoms with Crippen LogP contribution in [0.3, 0.4) is 0 Å². The molecule has 1 aliphatic heterocycles. The van der Waals surface area contributed by atoms with Crippen LogP contribution in [0.2, 0.25) is 5.02 Å². The van der Waals surface area contributed by atoms with Crippen molar-refractivity contribution in [1.82, 2.24) is 10.2 Å². The fourth-order valence-corrected chi connectivity index (χ4v) is 4.84. The molecule has 1 fully saturated rings. The zero-order chi connectivity index (χ0) is 20.1. The van der Waals surface area contributed by atoms with Gasteiger partial charge in [0.25, 0.3) is 10.0 Å². The first kappa shape index (κ1) is 23.8. The van der Waals surface area contributed by atoms with Gasteiger partial charge in [0.05, 0.1) is 16.3 Å². The van der Waals surface area contributed by atoms with Crippen LogP contribution in [-0.4, -0.2) is 66.7 Å². The molecule has 29 heavy (non-hydrogen) atoms. The summed E-state index contributed by atoms with van der Waals surface area (Å²) in [6, 6.07) is 14.1. The maximum atomic E-state index is 13.5. The maximum absolute atomic E-state index is 13.5. The third-order valence-electron chi connectivity index (χ3n) is 4.76. The van der Waals surface area contributed by atoms with Gasteiger partial charge in [-0.3, -0.25) is 4.31 Å². The first-order chi connectivity index (χ1) is 13.4. The second-order valence-electron chi connectivity index (χ2n) is 7.06. The molecule has 0 amide bonds. The van der Waals surface area contributed by atoms with E-state index in [4.69, 9.17) is 11.6 Å². The van der Waals surface area contributed by atoms with Crippen molar-refractivity contribution in [3.63, 3.8) is 0 Å². The van der Waals surface area contributed by atoms with Crippen LogP contribution in [0.15, 0.2) is 53.4 Å². The van der Waals surface area contributed by atoms with E-state index < -0.39 is 10.0 Å². The van der Waals surface area contributed by atoms with E-state index in [1.165, 1.54) is 4.31 Å². The minimum Gasteiger partial charge on any atom is -0.367 e. The summed E-state index contributed by atoms with van der Waals surface area (Å²) in [5.41, 5.74) is 1.65. The molecule has 1 saturated heterocycles. The highest BCUT2D eigenvalue weighted by Crippen LogP contribution is 2.33. The van der Waals surface area contributed by atoms with Gasteiger partial charge in [0.2, 0.25) is 0 Å². The number of halogens is 2. The summed E-state index contributed by atoms with van der Waals surface area (Å²) in [6.45, 7) is 4.44. The lowest BCUT2D eigenvalue weighted by atomic mass is 10.2. The second-order valence-corrected chi connectivity index (χ2v) is 9.36. The van der Waals surface area contributed by atoms with Crippen LogP contribution in [0.4, 0.5) is 11.4 Å². The summed E-state index contributed by atoms with van der Waals surface area (Å²) < 4.78 is 28.6. The summed E-state index contributed by atoms with van der Waals surface area (Å²) in [6.07, 6.45) is 0. The first-order valence-electron chi connectivity index (χ1n) is 9.37. The number of rotatable bonds is 7. The van der Waals surface area contributed by atoms with E-state index in [0.717, 1.165) is 31.9 Å². The number of anilines is 2. The van der Waals surface area contributed by atoms with Crippen LogP contribution in [0.5, 0.6) is 0 Å². The van der Waals surface area contributed by atoms with Crippen molar-refractivity contribution in [2.24, 2.45) is 0 Å². The molecule has 0 radical (unpaired) electrons. The molecular formula is C20H28Cl2N4O2S. The zero-order valence-corrected chi connectivity index (χ0v) is 19.1. The van der Waals surface area contributed by atoms with Crippen molar-refractivity contribution >= 4 is 45.4 Å². The predicted octanol–water partition coefficient (Wildman–Crippen LogP) is 2.93. The molecule has 0 aliphatic carbocycles. The Labute approximate surface area is 184 Å². The quantitative estimate of drug-likeness (QED) is 0.690. The van der Waals surface area contributed by atoms with Gasteiger partial charge in [-0.1, -0.05) is 23.7 Å². The van der Waals surface area contributed by atoms with E-state index in [1.54, 1.807) is 24.3 Å². The summed E-state index contributed by atoms with van der Waals surface area (Å²) in [5.74, 6) is 0. The zero-order valence-electron chi connectivity index (χ0n) is 16.7. The fraction of sp³-hybridized carbons (Fsp3) is 0.400. The van der Waals surface area contributed by atoms with Gasteiger partial charge in [0.1, 0.15) is 0 Å². The Hall–Kier alpha value is -1.51. The smallest absolute Gasteiger partial charge is 0.264 e. The van der Waals surface area contributed by atoms with Crippen LogP contribution in [0.1, 0.15) is 0 Å².